The van der Waals surface area contributed by atoms with E-state index in [0.717, 1.165) is 31.5 Å². The van der Waals surface area contributed by atoms with Crippen LogP contribution < -0.4 is 0 Å². The summed E-state index contributed by atoms with van der Waals surface area (Å²) >= 11 is 0. The summed E-state index contributed by atoms with van der Waals surface area (Å²) in [4.78, 5) is 14.0. The first-order valence-electron chi connectivity index (χ1n) is 6.62. The Morgan fingerprint density at radius 3 is 2.61 bits per heavy atom. The van der Waals surface area contributed by atoms with Gasteiger partial charge in [0, 0.05) is 6.42 Å². The summed E-state index contributed by atoms with van der Waals surface area (Å²) in [6, 6.07) is 9.83. The fourth-order valence-corrected chi connectivity index (χ4v) is 2.30. The molecule has 0 aliphatic carbocycles. The summed E-state index contributed by atoms with van der Waals surface area (Å²) in [5, 5.41) is 0. The summed E-state index contributed by atoms with van der Waals surface area (Å²) in [6.07, 6.45) is 2.79. The second kappa shape index (κ2) is 6.55. The lowest BCUT2D eigenvalue weighted by Crippen LogP contribution is -2.31. The third-order valence-electron chi connectivity index (χ3n) is 3.54. The monoisotopic (exact) mass is 247 g/mol. The highest BCUT2D eigenvalue weighted by molar-refractivity contribution is 5.69. The fraction of sp³-hybridized carbons (Fsp3) is 0.533. The van der Waals surface area contributed by atoms with Gasteiger partial charge in [0.25, 0.3) is 0 Å². The Bertz CT molecular complexity index is 369. The van der Waals surface area contributed by atoms with Gasteiger partial charge in [0.2, 0.25) is 0 Å². The molecule has 0 saturated carbocycles. The lowest BCUT2D eigenvalue weighted by atomic mass is 9.94. The van der Waals surface area contributed by atoms with Crippen molar-refractivity contribution < 1.29 is 9.53 Å². The van der Waals surface area contributed by atoms with Crippen LogP contribution in [0, 0.1) is 5.92 Å². The minimum absolute atomic E-state index is 0.0617. The van der Waals surface area contributed by atoms with E-state index in [-0.39, 0.29) is 5.97 Å². The molecule has 98 valence electrons. The Labute approximate surface area is 109 Å². The van der Waals surface area contributed by atoms with E-state index in [4.69, 9.17) is 4.74 Å². The Morgan fingerprint density at radius 2 is 1.94 bits per heavy atom. The molecule has 1 fully saturated rings. The van der Waals surface area contributed by atoms with Gasteiger partial charge in [-0.25, -0.2) is 0 Å². The first kappa shape index (κ1) is 13.1. The maximum absolute atomic E-state index is 11.7. The summed E-state index contributed by atoms with van der Waals surface area (Å²) < 4.78 is 5.31. The van der Waals surface area contributed by atoms with Crippen LogP contribution in [-0.4, -0.2) is 31.0 Å². The smallest absolute Gasteiger partial charge is 0.306 e. The zero-order valence-electron chi connectivity index (χ0n) is 11.0. The summed E-state index contributed by atoms with van der Waals surface area (Å²) in [5.74, 6) is 0.442. The number of piperidine rings is 1. The zero-order chi connectivity index (χ0) is 12.8. The van der Waals surface area contributed by atoms with E-state index >= 15 is 0 Å². The van der Waals surface area contributed by atoms with Gasteiger partial charge in [-0.3, -0.25) is 4.79 Å². The van der Waals surface area contributed by atoms with Crippen molar-refractivity contribution in [1.29, 1.82) is 0 Å². The SMILES string of the molecule is CN1CCC(CC(=O)OCc2ccccc2)CC1. The molecule has 18 heavy (non-hydrogen) atoms. The molecule has 1 saturated heterocycles. The van der Waals surface area contributed by atoms with Crippen molar-refractivity contribution in [3.05, 3.63) is 35.9 Å². The van der Waals surface area contributed by atoms with Gasteiger partial charge < -0.3 is 9.64 Å². The number of hydrogen-bond acceptors (Lipinski definition) is 3. The van der Waals surface area contributed by atoms with Crippen molar-refractivity contribution in [2.75, 3.05) is 20.1 Å². The lowest BCUT2D eigenvalue weighted by molar-refractivity contribution is -0.146. The second-order valence-corrected chi connectivity index (χ2v) is 5.10. The highest BCUT2D eigenvalue weighted by atomic mass is 16.5. The molecule has 0 atom stereocenters. The molecule has 0 spiro atoms. The van der Waals surface area contributed by atoms with Crippen molar-refractivity contribution in [2.45, 2.75) is 25.9 Å². The first-order valence-corrected chi connectivity index (χ1v) is 6.62. The third-order valence-corrected chi connectivity index (χ3v) is 3.54. The van der Waals surface area contributed by atoms with E-state index in [0.29, 0.717) is 18.9 Å². The van der Waals surface area contributed by atoms with E-state index in [1.165, 1.54) is 0 Å². The average Bonchev–Trinajstić information content (AvgIpc) is 2.40. The van der Waals surface area contributed by atoms with Gasteiger partial charge in [0.1, 0.15) is 6.61 Å². The number of carbonyl (C=O) groups is 1. The highest BCUT2D eigenvalue weighted by Gasteiger charge is 2.20. The first-order chi connectivity index (χ1) is 8.74. The molecule has 0 bridgehead atoms. The molecular weight excluding hydrogens is 226 g/mol. The lowest BCUT2D eigenvalue weighted by Gasteiger charge is -2.28. The van der Waals surface area contributed by atoms with Gasteiger partial charge in [-0.2, -0.15) is 0 Å². The number of ether oxygens (including phenoxy) is 1. The third kappa shape index (κ3) is 4.15. The van der Waals surface area contributed by atoms with Crippen LogP contribution in [0.4, 0.5) is 0 Å². The number of nitrogens with zero attached hydrogens (tertiary/aromatic N) is 1. The molecule has 1 aliphatic heterocycles. The molecule has 0 unspecified atom stereocenters. The Balaban J connectivity index is 1.69. The number of rotatable bonds is 4. The van der Waals surface area contributed by atoms with Crippen molar-refractivity contribution in [2.24, 2.45) is 5.92 Å². The highest BCUT2D eigenvalue weighted by Crippen LogP contribution is 2.20. The molecule has 1 aromatic carbocycles. The van der Waals surface area contributed by atoms with Crippen molar-refractivity contribution >= 4 is 5.97 Å². The van der Waals surface area contributed by atoms with Gasteiger partial charge in [-0.15, -0.1) is 0 Å². The summed E-state index contributed by atoms with van der Waals surface area (Å²) in [7, 11) is 2.13. The molecule has 0 amide bonds. The number of hydrogen-bond donors (Lipinski definition) is 0. The molecule has 1 heterocycles. The number of benzene rings is 1. The zero-order valence-corrected chi connectivity index (χ0v) is 11.0. The van der Waals surface area contributed by atoms with Crippen LogP contribution in [0.1, 0.15) is 24.8 Å². The topological polar surface area (TPSA) is 29.5 Å². The predicted octanol–water partition coefficient (Wildman–Crippen LogP) is 2.46. The summed E-state index contributed by atoms with van der Waals surface area (Å²) in [6.45, 7) is 2.58. The van der Waals surface area contributed by atoms with Gasteiger partial charge in [-0.05, 0) is 44.5 Å². The van der Waals surface area contributed by atoms with Crippen LogP contribution in [0.2, 0.25) is 0 Å². The van der Waals surface area contributed by atoms with Crippen molar-refractivity contribution in [3.63, 3.8) is 0 Å². The average molecular weight is 247 g/mol. The molecule has 2 rings (SSSR count). The molecule has 1 aliphatic rings. The second-order valence-electron chi connectivity index (χ2n) is 5.10. The maximum atomic E-state index is 11.7. The van der Waals surface area contributed by atoms with E-state index < -0.39 is 0 Å². The van der Waals surface area contributed by atoms with Crippen LogP contribution in [0.25, 0.3) is 0 Å². The van der Waals surface area contributed by atoms with Crippen molar-refractivity contribution in [1.82, 2.24) is 4.90 Å². The number of likely N-dealkylation sites (tertiary alicyclic amines) is 1. The molecular formula is C15H21NO2. The van der Waals surface area contributed by atoms with Gasteiger partial charge in [-0.1, -0.05) is 30.3 Å². The Morgan fingerprint density at radius 1 is 1.28 bits per heavy atom. The Hall–Kier alpha value is -1.35. The molecule has 3 nitrogen and oxygen atoms in total. The normalized spacial score (nSPS) is 17.6. The van der Waals surface area contributed by atoms with Gasteiger partial charge in [0.15, 0.2) is 0 Å². The molecule has 0 N–H and O–H groups in total. The van der Waals surface area contributed by atoms with E-state index in [1.54, 1.807) is 0 Å². The largest absolute Gasteiger partial charge is 0.461 e. The summed E-state index contributed by atoms with van der Waals surface area (Å²) in [5.41, 5.74) is 1.05. The van der Waals surface area contributed by atoms with E-state index in [1.807, 2.05) is 30.3 Å². The Kier molecular flexibility index (Phi) is 4.76. The van der Waals surface area contributed by atoms with Crippen LogP contribution in [0.3, 0.4) is 0 Å². The predicted molar refractivity (Wildman–Crippen MR) is 71.1 cm³/mol. The minimum Gasteiger partial charge on any atom is -0.461 e. The molecule has 3 heteroatoms. The van der Waals surface area contributed by atoms with Crippen LogP contribution >= 0.6 is 0 Å². The van der Waals surface area contributed by atoms with E-state index in [2.05, 4.69) is 11.9 Å². The van der Waals surface area contributed by atoms with Crippen molar-refractivity contribution in [3.8, 4) is 0 Å². The van der Waals surface area contributed by atoms with E-state index in [9.17, 15) is 4.79 Å². The molecule has 0 aromatic heterocycles. The van der Waals surface area contributed by atoms with Gasteiger partial charge >= 0.3 is 5.97 Å². The molecule has 1 aromatic rings. The number of carbonyl (C=O) groups excluding carboxylic acids is 1. The van der Waals surface area contributed by atoms with Crippen LogP contribution in [0.5, 0.6) is 0 Å². The van der Waals surface area contributed by atoms with Crippen LogP contribution in [0.15, 0.2) is 30.3 Å². The maximum Gasteiger partial charge on any atom is 0.306 e. The fourth-order valence-electron chi connectivity index (χ4n) is 2.30. The standard InChI is InChI=1S/C15H21NO2/c1-16-9-7-13(8-10-16)11-15(17)18-12-14-5-3-2-4-6-14/h2-6,13H,7-12H2,1H3. The van der Waals surface area contributed by atoms with Gasteiger partial charge in [0.05, 0.1) is 0 Å². The molecule has 0 radical (unpaired) electrons. The van der Waals surface area contributed by atoms with Crippen LogP contribution in [-0.2, 0) is 16.1 Å². The number of esters is 1. The quantitative estimate of drug-likeness (QED) is 0.765. The minimum atomic E-state index is -0.0617.